The molecular weight excluding hydrogens is 228 g/mol. The van der Waals surface area contributed by atoms with Gasteiger partial charge in [-0.25, -0.2) is 8.78 Å². The molecule has 1 aromatic rings. The van der Waals surface area contributed by atoms with Gasteiger partial charge in [0.1, 0.15) is 0 Å². The van der Waals surface area contributed by atoms with E-state index in [0.29, 0.717) is 5.56 Å². The average molecular weight is 245 g/mol. The third kappa shape index (κ3) is 3.46. The van der Waals surface area contributed by atoms with Crippen molar-refractivity contribution in [1.82, 2.24) is 5.32 Å². The highest BCUT2D eigenvalue weighted by molar-refractivity contribution is 7.98. The minimum Gasteiger partial charge on any atom is -0.310 e. The fourth-order valence-corrected chi connectivity index (χ4v) is 2.11. The lowest BCUT2D eigenvalue weighted by Crippen LogP contribution is -2.22. The van der Waals surface area contributed by atoms with Gasteiger partial charge in [-0.1, -0.05) is 19.1 Å². The molecule has 0 bridgehead atoms. The fourth-order valence-electron chi connectivity index (χ4n) is 1.64. The number of thioether (sulfide) groups is 1. The Morgan fingerprint density at radius 2 is 2.12 bits per heavy atom. The quantitative estimate of drug-likeness (QED) is 0.824. The summed E-state index contributed by atoms with van der Waals surface area (Å²) in [6.07, 6.45) is 2.81. The molecule has 0 amide bonds. The summed E-state index contributed by atoms with van der Waals surface area (Å²) in [7, 11) is 0. The SMILES string of the molecule is CCNC(CCSC)c1cccc(F)c1F. The van der Waals surface area contributed by atoms with Crippen molar-refractivity contribution in [1.29, 1.82) is 0 Å². The standard InChI is InChI=1S/C12H17F2NS/c1-3-15-11(7-8-16-2)9-5-4-6-10(13)12(9)14/h4-6,11,15H,3,7-8H2,1-2H3. The van der Waals surface area contributed by atoms with Gasteiger partial charge >= 0.3 is 0 Å². The molecule has 0 radical (unpaired) electrons. The molecule has 0 aliphatic rings. The molecule has 0 aromatic heterocycles. The molecule has 0 fully saturated rings. The molecule has 1 N–H and O–H groups in total. The molecule has 90 valence electrons. The molecule has 0 aliphatic carbocycles. The van der Waals surface area contributed by atoms with E-state index >= 15 is 0 Å². The van der Waals surface area contributed by atoms with Crippen molar-refractivity contribution in [3.63, 3.8) is 0 Å². The lowest BCUT2D eigenvalue weighted by molar-refractivity contribution is 0.461. The zero-order valence-electron chi connectivity index (χ0n) is 9.59. The number of benzene rings is 1. The van der Waals surface area contributed by atoms with E-state index in [9.17, 15) is 8.78 Å². The lowest BCUT2D eigenvalue weighted by atomic mass is 10.0. The Bertz CT molecular complexity index is 331. The summed E-state index contributed by atoms with van der Waals surface area (Å²) in [6.45, 7) is 2.71. The highest BCUT2D eigenvalue weighted by Gasteiger charge is 2.16. The van der Waals surface area contributed by atoms with E-state index in [4.69, 9.17) is 0 Å². The second-order valence-electron chi connectivity index (χ2n) is 3.53. The predicted molar refractivity (Wildman–Crippen MR) is 65.8 cm³/mol. The Labute approximate surface area is 99.6 Å². The zero-order chi connectivity index (χ0) is 12.0. The van der Waals surface area contributed by atoms with Crippen LogP contribution in [-0.2, 0) is 0 Å². The Balaban J connectivity index is 2.86. The number of rotatable bonds is 6. The zero-order valence-corrected chi connectivity index (χ0v) is 10.4. The summed E-state index contributed by atoms with van der Waals surface area (Å²) in [5.41, 5.74) is 0.427. The first-order chi connectivity index (χ1) is 7.70. The minimum absolute atomic E-state index is 0.104. The monoisotopic (exact) mass is 245 g/mol. The number of halogens is 2. The normalized spacial score (nSPS) is 12.8. The van der Waals surface area contributed by atoms with Crippen molar-refractivity contribution in [2.45, 2.75) is 19.4 Å². The third-order valence-corrected chi connectivity index (χ3v) is 3.06. The number of hydrogen-bond donors (Lipinski definition) is 1. The van der Waals surface area contributed by atoms with Crippen molar-refractivity contribution in [2.75, 3.05) is 18.6 Å². The maximum Gasteiger partial charge on any atom is 0.163 e. The Morgan fingerprint density at radius 1 is 1.38 bits per heavy atom. The largest absolute Gasteiger partial charge is 0.310 e. The highest BCUT2D eigenvalue weighted by atomic mass is 32.2. The Hall–Kier alpha value is -0.610. The van der Waals surface area contributed by atoms with Crippen LogP contribution >= 0.6 is 11.8 Å². The van der Waals surface area contributed by atoms with Crippen LogP contribution in [0.2, 0.25) is 0 Å². The molecule has 1 aromatic carbocycles. The van der Waals surface area contributed by atoms with Crippen LogP contribution in [0.1, 0.15) is 24.9 Å². The summed E-state index contributed by atoms with van der Waals surface area (Å²) in [4.78, 5) is 0. The second kappa shape index (κ2) is 6.86. The van der Waals surface area contributed by atoms with Crippen molar-refractivity contribution >= 4 is 11.8 Å². The maximum absolute atomic E-state index is 13.6. The van der Waals surface area contributed by atoms with E-state index in [2.05, 4.69) is 5.32 Å². The van der Waals surface area contributed by atoms with Crippen molar-refractivity contribution in [3.05, 3.63) is 35.4 Å². The molecule has 4 heteroatoms. The van der Waals surface area contributed by atoms with E-state index in [1.807, 2.05) is 13.2 Å². The van der Waals surface area contributed by atoms with Gasteiger partial charge < -0.3 is 5.32 Å². The smallest absolute Gasteiger partial charge is 0.163 e. The first kappa shape index (κ1) is 13.5. The van der Waals surface area contributed by atoms with E-state index < -0.39 is 11.6 Å². The van der Waals surface area contributed by atoms with Crippen LogP contribution in [0.5, 0.6) is 0 Å². The van der Waals surface area contributed by atoms with E-state index in [1.54, 1.807) is 23.9 Å². The third-order valence-electron chi connectivity index (χ3n) is 2.42. The topological polar surface area (TPSA) is 12.0 Å². The Morgan fingerprint density at radius 3 is 2.75 bits per heavy atom. The molecule has 1 unspecified atom stereocenters. The van der Waals surface area contributed by atoms with Gasteiger partial charge in [0.15, 0.2) is 11.6 Å². The second-order valence-corrected chi connectivity index (χ2v) is 4.52. The van der Waals surface area contributed by atoms with Crippen LogP contribution in [0.25, 0.3) is 0 Å². The first-order valence-electron chi connectivity index (χ1n) is 5.37. The summed E-state index contributed by atoms with van der Waals surface area (Å²) >= 11 is 1.70. The van der Waals surface area contributed by atoms with Crippen molar-refractivity contribution in [2.24, 2.45) is 0 Å². The van der Waals surface area contributed by atoms with Gasteiger partial charge in [-0.2, -0.15) is 11.8 Å². The summed E-state index contributed by atoms with van der Waals surface area (Å²) in [6, 6.07) is 4.24. The average Bonchev–Trinajstić information content (AvgIpc) is 2.28. The van der Waals surface area contributed by atoms with Crippen molar-refractivity contribution < 1.29 is 8.78 Å². The summed E-state index contributed by atoms with van der Waals surface area (Å²) < 4.78 is 26.7. The van der Waals surface area contributed by atoms with Gasteiger partial charge in [-0.15, -0.1) is 0 Å². The highest BCUT2D eigenvalue weighted by Crippen LogP contribution is 2.23. The molecule has 1 nitrogen and oxygen atoms in total. The van der Waals surface area contributed by atoms with E-state index in [1.165, 1.54) is 0 Å². The van der Waals surface area contributed by atoms with Crippen LogP contribution in [0, 0.1) is 11.6 Å². The van der Waals surface area contributed by atoms with Crippen LogP contribution in [0.3, 0.4) is 0 Å². The van der Waals surface area contributed by atoms with Crippen molar-refractivity contribution in [3.8, 4) is 0 Å². The maximum atomic E-state index is 13.6. The van der Waals surface area contributed by atoms with E-state index in [-0.39, 0.29) is 6.04 Å². The van der Waals surface area contributed by atoms with Gasteiger partial charge in [0.05, 0.1) is 0 Å². The van der Waals surface area contributed by atoms with Crippen LogP contribution in [0.15, 0.2) is 18.2 Å². The molecule has 16 heavy (non-hydrogen) atoms. The summed E-state index contributed by atoms with van der Waals surface area (Å²) in [5.74, 6) is -0.577. The van der Waals surface area contributed by atoms with Gasteiger partial charge in [-0.3, -0.25) is 0 Å². The molecular formula is C12H17F2NS. The van der Waals surface area contributed by atoms with Gasteiger partial charge in [0.25, 0.3) is 0 Å². The Kier molecular flexibility index (Phi) is 5.77. The number of hydrogen-bond acceptors (Lipinski definition) is 2. The number of nitrogens with one attached hydrogen (secondary N) is 1. The van der Waals surface area contributed by atoms with Gasteiger partial charge in [0, 0.05) is 11.6 Å². The summed E-state index contributed by atoms with van der Waals surface area (Å²) in [5, 5.41) is 3.18. The molecule has 0 aliphatic heterocycles. The predicted octanol–water partition coefficient (Wildman–Crippen LogP) is 3.37. The van der Waals surface area contributed by atoms with Crippen LogP contribution < -0.4 is 5.32 Å². The molecule has 0 spiro atoms. The lowest BCUT2D eigenvalue weighted by Gasteiger charge is -2.18. The fraction of sp³-hybridized carbons (Fsp3) is 0.500. The molecule has 1 rings (SSSR count). The first-order valence-corrected chi connectivity index (χ1v) is 6.76. The molecule has 0 saturated carbocycles. The van der Waals surface area contributed by atoms with Crippen LogP contribution in [-0.4, -0.2) is 18.6 Å². The van der Waals surface area contributed by atoms with Crippen LogP contribution in [0.4, 0.5) is 8.78 Å². The van der Waals surface area contributed by atoms with Gasteiger partial charge in [-0.05, 0) is 31.0 Å². The molecule has 1 atom stereocenters. The van der Waals surface area contributed by atoms with Gasteiger partial charge in [0.2, 0.25) is 0 Å². The van der Waals surface area contributed by atoms with E-state index in [0.717, 1.165) is 24.8 Å². The molecule has 0 heterocycles. The minimum atomic E-state index is -0.774. The molecule has 0 saturated heterocycles.